The third-order valence-electron chi connectivity index (χ3n) is 3.59. The number of hydrogen-bond acceptors (Lipinski definition) is 4. The molecule has 0 aliphatic carbocycles. The van der Waals surface area contributed by atoms with Crippen molar-refractivity contribution in [3.8, 4) is 11.1 Å². The molecule has 0 radical (unpaired) electrons. The van der Waals surface area contributed by atoms with E-state index in [9.17, 15) is 14.7 Å². The molecule has 0 unspecified atom stereocenters. The Balaban J connectivity index is 1.78. The van der Waals surface area contributed by atoms with Gasteiger partial charge < -0.3 is 14.8 Å². The summed E-state index contributed by atoms with van der Waals surface area (Å²) in [4.78, 5) is 23.8. The van der Waals surface area contributed by atoms with Crippen LogP contribution in [-0.2, 0) is 11.2 Å². The van der Waals surface area contributed by atoms with Crippen LogP contribution in [0.5, 0.6) is 0 Å². The van der Waals surface area contributed by atoms with Crippen LogP contribution in [0.1, 0.15) is 22.5 Å². The van der Waals surface area contributed by atoms with Gasteiger partial charge in [-0.3, -0.25) is 4.79 Å². The predicted molar refractivity (Wildman–Crippen MR) is 97.4 cm³/mol. The third kappa shape index (κ3) is 4.10. The Morgan fingerprint density at radius 1 is 1.20 bits per heavy atom. The van der Waals surface area contributed by atoms with Gasteiger partial charge in [0.05, 0.1) is 6.26 Å². The number of nitrogens with one attached hydrogen (secondary N) is 1. The van der Waals surface area contributed by atoms with E-state index in [0.29, 0.717) is 27.8 Å². The lowest BCUT2D eigenvalue weighted by atomic mass is 10.0. The molecule has 2 aromatic heterocycles. The summed E-state index contributed by atoms with van der Waals surface area (Å²) in [6, 6.07) is 10.4. The molecule has 7 heteroatoms. The van der Waals surface area contributed by atoms with Crippen molar-refractivity contribution in [1.29, 1.82) is 0 Å². The standard InChI is InChI=1S/C18H14ClNO4S/c19-12-5-3-11(4-6-12)14-10-25-17(16(14)18(22)23)20-15(21)8-7-13-2-1-9-24-13/h1-6,9-10H,7-8H2,(H,20,21)(H,22,23). The first-order valence-corrected chi connectivity index (χ1v) is 8.73. The number of anilines is 1. The smallest absolute Gasteiger partial charge is 0.339 e. The quantitative estimate of drug-likeness (QED) is 0.640. The lowest BCUT2D eigenvalue weighted by Crippen LogP contribution is -2.13. The minimum Gasteiger partial charge on any atom is -0.478 e. The van der Waals surface area contributed by atoms with Gasteiger partial charge in [0.2, 0.25) is 5.91 Å². The van der Waals surface area contributed by atoms with Crippen molar-refractivity contribution < 1.29 is 19.1 Å². The van der Waals surface area contributed by atoms with Crippen LogP contribution in [0.15, 0.2) is 52.5 Å². The molecular weight excluding hydrogens is 362 g/mol. The van der Waals surface area contributed by atoms with Gasteiger partial charge in [0.15, 0.2) is 0 Å². The first-order chi connectivity index (χ1) is 12.0. The number of furan rings is 1. The molecule has 0 bridgehead atoms. The number of rotatable bonds is 6. The van der Waals surface area contributed by atoms with Gasteiger partial charge in [-0.2, -0.15) is 0 Å². The number of halogens is 1. The normalized spacial score (nSPS) is 10.6. The van der Waals surface area contributed by atoms with E-state index >= 15 is 0 Å². The second-order valence-corrected chi connectivity index (χ2v) is 6.61. The number of thiophene rings is 1. The topological polar surface area (TPSA) is 79.5 Å². The second kappa shape index (κ2) is 7.55. The predicted octanol–water partition coefficient (Wildman–Crippen LogP) is 4.93. The molecule has 0 aliphatic rings. The van der Waals surface area contributed by atoms with Crippen LogP contribution in [0, 0.1) is 0 Å². The molecule has 1 amide bonds. The first-order valence-electron chi connectivity index (χ1n) is 7.47. The number of benzene rings is 1. The zero-order valence-electron chi connectivity index (χ0n) is 13.0. The molecule has 5 nitrogen and oxygen atoms in total. The maximum absolute atomic E-state index is 12.1. The Labute approximate surface area is 152 Å². The third-order valence-corrected chi connectivity index (χ3v) is 4.74. The van der Waals surface area contributed by atoms with E-state index in [2.05, 4.69) is 5.32 Å². The molecule has 128 valence electrons. The minimum atomic E-state index is -1.09. The number of amides is 1. The molecule has 0 spiro atoms. The summed E-state index contributed by atoms with van der Waals surface area (Å²) in [6.07, 6.45) is 2.21. The lowest BCUT2D eigenvalue weighted by molar-refractivity contribution is -0.116. The van der Waals surface area contributed by atoms with Crippen LogP contribution in [-0.4, -0.2) is 17.0 Å². The van der Waals surface area contributed by atoms with Crippen LogP contribution in [0.25, 0.3) is 11.1 Å². The molecule has 0 saturated heterocycles. The SMILES string of the molecule is O=C(CCc1ccco1)Nc1scc(-c2ccc(Cl)cc2)c1C(=O)O. The van der Waals surface area contributed by atoms with Gasteiger partial charge in [-0.1, -0.05) is 23.7 Å². The maximum Gasteiger partial charge on any atom is 0.339 e. The van der Waals surface area contributed by atoms with E-state index in [-0.39, 0.29) is 17.9 Å². The fourth-order valence-electron chi connectivity index (χ4n) is 2.38. The van der Waals surface area contributed by atoms with E-state index in [0.717, 1.165) is 5.56 Å². The molecule has 3 aromatic rings. The minimum absolute atomic E-state index is 0.0821. The van der Waals surface area contributed by atoms with Gasteiger partial charge in [-0.15, -0.1) is 11.3 Å². The molecule has 3 rings (SSSR count). The highest BCUT2D eigenvalue weighted by molar-refractivity contribution is 7.15. The Morgan fingerprint density at radius 2 is 1.96 bits per heavy atom. The Kier molecular flexibility index (Phi) is 5.21. The molecule has 0 aliphatic heterocycles. The fourth-order valence-corrected chi connectivity index (χ4v) is 3.49. The fraction of sp³-hybridized carbons (Fsp3) is 0.111. The summed E-state index contributed by atoms with van der Waals surface area (Å²) in [6.45, 7) is 0. The summed E-state index contributed by atoms with van der Waals surface area (Å²) in [5.74, 6) is -0.641. The molecule has 0 fully saturated rings. The van der Waals surface area contributed by atoms with Gasteiger partial charge in [0.25, 0.3) is 0 Å². The maximum atomic E-state index is 12.1. The zero-order valence-corrected chi connectivity index (χ0v) is 14.6. The molecule has 0 saturated carbocycles. The Morgan fingerprint density at radius 3 is 2.60 bits per heavy atom. The van der Waals surface area contributed by atoms with Crippen LogP contribution in [0.3, 0.4) is 0 Å². The van der Waals surface area contributed by atoms with Crippen LogP contribution in [0.4, 0.5) is 5.00 Å². The van der Waals surface area contributed by atoms with Crippen molar-refractivity contribution in [2.24, 2.45) is 0 Å². The largest absolute Gasteiger partial charge is 0.478 e. The van der Waals surface area contributed by atoms with Gasteiger partial charge in [0.1, 0.15) is 16.3 Å². The van der Waals surface area contributed by atoms with Crippen molar-refractivity contribution >= 4 is 39.8 Å². The van der Waals surface area contributed by atoms with E-state index in [4.69, 9.17) is 16.0 Å². The van der Waals surface area contributed by atoms with E-state index in [1.54, 1.807) is 48.0 Å². The number of carboxylic acid groups (broad SMARTS) is 1. The average Bonchev–Trinajstić information content (AvgIpc) is 3.23. The van der Waals surface area contributed by atoms with Crippen LogP contribution in [0.2, 0.25) is 5.02 Å². The highest BCUT2D eigenvalue weighted by Gasteiger charge is 2.21. The molecule has 25 heavy (non-hydrogen) atoms. The van der Waals surface area contributed by atoms with E-state index in [1.165, 1.54) is 11.3 Å². The number of carboxylic acids is 1. The van der Waals surface area contributed by atoms with Gasteiger partial charge >= 0.3 is 5.97 Å². The van der Waals surface area contributed by atoms with Crippen molar-refractivity contribution in [2.45, 2.75) is 12.8 Å². The molecule has 2 heterocycles. The van der Waals surface area contributed by atoms with Crippen LogP contribution < -0.4 is 5.32 Å². The molecular formula is C18H14ClNO4S. The molecule has 0 atom stereocenters. The van der Waals surface area contributed by atoms with Gasteiger partial charge in [-0.05, 0) is 29.8 Å². The van der Waals surface area contributed by atoms with Crippen molar-refractivity contribution in [2.75, 3.05) is 5.32 Å². The van der Waals surface area contributed by atoms with Crippen molar-refractivity contribution in [1.82, 2.24) is 0 Å². The number of aromatic carboxylic acids is 1. The highest BCUT2D eigenvalue weighted by Crippen LogP contribution is 2.36. The number of hydrogen-bond donors (Lipinski definition) is 2. The monoisotopic (exact) mass is 375 g/mol. The van der Waals surface area contributed by atoms with Gasteiger partial charge in [-0.25, -0.2) is 4.79 Å². The average molecular weight is 376 g/mol. The number of aryl methyl sites for hydroxylation is 1. The Bertz CT molecular complexity index is 884. The van der Waals surface area contributed by atoms with Gasteiger partial charge in [0, 0.05) is 28.8 Å². The number of carbonyl (C=O) groups excluding carboxylic acids is 1. The first kappa shape index (κ1) is 17.3. The number of carbonyl (C=O) groups is 2. The zero-order chi connectivity index (χ0) is 17.8. The Hall–Kier alpha value is -2.57. The van der Waals surface area contributed by atoms with Crippen LogP contribution >= 0.6 is 22.9 Å². The van der Waals surface area contributed by atoms with E-state index in [1.807, 2.05) is 0 Å². The highest BCUT2D eigenvalue weighted by atomic mass is 35.5. The van der Waals surface area contributed by atoms with Crippen molar-refractivity contribution in [3.63, 3.8) is 0 Å². The molecule has 2 N–H and O–H groups in total. The summed E-state index contributed by atoms with van der Waals surface area (Å²) in [5, 5.41) is 14.9. The summed E-state index contributed by atoms with van der Waals surface area (Å²) in [7, 11) is 0. The summed E-state index contributed by atoms with van der Waals surface area (Å²) < 4.78 is 5.19. The lowest BCUT2D eigenvalue weighted by Gasteiger charge is -2.06. The second-order valence-electron chi connectivity index (χ2n) is 5.29. The summed E-state index contributed by atoms with van der Waals surface area (Å²) >= 11 is 7.06. The molecule has 1 aromatic carbocycles. The van der Waals surface area contributed by atoms with Crippen molar-refractivity contribution in [3.05, 3.63) is 64.4 Å². The van der Waals surface area contributed by atoms with E-state index < -0.39 is 5.97 Å². The summed E-state index contributed by atoms with van der Waals surface area (Å²) in [5.41, 5.74) is 1.36.